The van der Waals surface area contributed by atoms with Crippen molar-refractivity contribution in [3.8, 4) is 0 Å². The van der Waals surface area contributed by atoms with E-state index < -0.39 is 6.04 Å². The zero-order valence-electron chi connectivity index (χ0n) is 17.5. The molecule has 1 N–H and O–H groups in total. The number of halogens is 2. The van der Waals surface area contributed by atoms with Crippen molar-refractivity contribution >= 4 is 39.5 Å². The van der Waals surface area contributed by atoms with Crippen molar-refractivity contribution in [2.45, 2.75) is 39.1 Å². The number of nitrogens with zero attached hydrogens (tertiary/aromatic N) is 1. The number of hydrogen-bond donors (Lipinski definition) is 1. The van der Waals surface area contributed by atoms with Gasteiger partial charge >= 0.3 is 0 Å². The molecule has 2 rings (SSSR count). The van der Waals surface area contributed by atoms with Crippen LogP contribution in [-0.4, -0.2) is 35.1 Å². The monoisotopic (exact) mass is 494 g/mol. The van der Waals surface area contributed by atoms with Gasteiger partial charge in [0.1, 0.15) is 11.9 Å². The highest BCUT2D eigenvalue weighted by molar-refractivity contribution is 9.10. The summed E-state index contributed by atoms with van der Waals surface area (Å²) < 4.78 is 15.2. The van der Waals surface area contributed by atoms with Crippen molar-refractivity contribution in [2.75, 3.05) is 12.3 Å². The minimum absolute atomic E-state index is 0.0562. The smallest absolute Gasteiger partial charge is 0.242 e. The Balaban J connectivity index is 2.06. The number of thioether (sulfide) groups is 1. The zero-order valence-corrected chi connectivity index (χ0v) is 19.9. The van der Waals surface area contributed by atoms with Crippen LogP contribution in [0.3, 0.4) is 0 Å². The van der Waals surface area contributed by atoms with E-state index >= 15 is 0 Å². The molecule has 30 heavy (non-hydrogen) atoms. The second kappa shape index (κ2) is 12.1. The molecular formula is C23H28BrFN2O2S. The van der Waals surface area contributed by atoms with Crippen LogP contribution in [-0.2, 0) is 21.9 Å². The Labute approximate surface area is 190 Å². The van der Waals surface area contributed by atoms with Gasteiger partial charge in [-0.1, -0.05) is 60.1 Å². The third kappa shape index (κ3) is 7.76. The second-order valence-electron chi connectivity index (χ2n) is 7.55. The molecule has 0 fully saturated rings. The third-order valence-corrected chi connectivity index (χ3v) is 6.08. The number of carbonyl (C=O) groups is 2. The van der Waals surface area contributed by atoms with Crippen LogP contribution in [0, 0.1) is 11.7 Å². The van der Waals surface area contributed by atoms with Crippen molar-refractivity contribution in [3.05, 3.63) is 69.9 Å². The van der Waals surface area contributed by atoms with Gasteiger partial charge in [0.05, 0.1) is 5.75 Å². The Morgan fingerprint density at radius 2 is 1.77 bits per heavy atom. The average Bonchev–Trinajstić information content (AvgIpc) is 2.72. The Morgan fingerprint density at radius 1 is 1.10 bits per heavy atom. The number of hydrogen-bond acceptors (Lipinski definition) is 3. The molecule has 0 aliphatic carbocycles. The van der Waals surface area contributed by atoms with Crippen LogP contribution in [0.5, 0.6) is 0 Å². The van der Waals surface area contributed by atoms with Gasteiger partial charge in [-0.15, -0.1) is 11.8 Å². The van der Waals surface area contributed by atoms with Gasteiger partial charge in [0.15, 0.2) is 0 Å². The van der Waals surface area contributed by atoms with Crippen LogP contribution >= 0.6 is 27.7 Å². The molecule has 0 aromatic heterocycles. The van der Waals surface area contributed by atoms with E-state index in [0.29, 0.717) is 23.8 Å². The lowest BCUT2D eigenvalue weighted by molar-refractivity contribution is -0.138. The minimum Gasteiger partial charge on any atom is -0.354 e. The summed E-state index contributed by atoms with van der Waals surface area (Å²) >= 11 is 4.89. The number of nitrogens with one attached hydrogen (secondary N) is 1. The maximum atomic E-state index is 14.2. The molecular weight excluding hydrogens is 467 g/mol. The lowest BCUT2D eigenvalue weighted by Crippen LogP contribution is -2.48. The van der Waals surface area contributed by atoms with Crippen LogP contribution in [0.15, 0.2) is 53.0 Å². The van der Waals surface area contributed by atoms with Gasteiger partial charge in [0, 0.05) is 28.9 Å². The molecule has 4 nitrogen and oxygen atoms in total. The molecule has 2 aromatic rings. The Hall–Kier alpha value is -1.86. The molecule has 0 radical (unpaired) electrons. The summed E-state index contributed by atoms with van der Waals surface area (Å²) in [5, 5.41) is 2.87. The number of amides is 2. The van der Waals surface area contributed by atoms with Gasteiger partial charge in [0.2, 0.25) is 11.8 Å². The summed E-state index contributed by atoms with van der Waals surface area (Å²) in [4.78, 5) is 27.0. The van der Waals surface area contributed by atoms with E-state index in [1.807, 2.05) is 38.1 Å². The number of rotatable bonds is 10. The molecule has 2 aromatic carbocycles. The fourth-order valence-electron chi connectivity index (χ4n) is 2.76. The quantitative estimate of drug-likeness (QED) is 0.504. The largest absolute Gasteiger partial charge is 0.354 e. The maximum Gasteiger partial charge on any atom is 0.242 e. The molecule has 0 aliphatic rings. The molecule has 0 heterocycles. The fraction of sp³-hybridized carbons (Fsp3) is 0.391. The van der Waals surface area contributed by atoms with Crippen molar-refractivity contribution < 1.29 is 14.0 Å². The fourth-order valence-corrected chi connectivity index (χ4v) is 3.90. The van der Waals surface area contributed by atoms with Crippen molar-refractivity contribution in [1.82, 2.24) is 10.2 Å². The first-order chi connectivity index (χ1) is 14.3. The van der Waals surface area contributed by atoms with E-state index in [0.717, 1.165) is 10.0 Å². The molecule has 0 saturated heterocycles. The summed E-state index contributed by atoms with van der Waals surface area (Å²) in [5.41, 5.74) is 1.51. The maximum absolute atomic E-state index is 14.2. The molecule has 1 atom stereocenters. The average molecular weight is 495 g/mol. The van der Waals surface area contributed by atoms with E-state index in [1.165, 1.54) is 22.7 Å². The van der Waals surface area contributed by atoms with Gasteiger partial charge in [-0.3, -0.25) is 9.59 Å². The first-order valence-corrected chi connectivity index (χ1v) is 11.9. The number of carbonyl (C=O) groups excluding carboxylic acids is 2. The predicted octanol–water partition coefficient (Wildman–Crippen LogP) is 5.01. The zero-order chi connectivity index (χ0) is 22.1. The topological polar surface area (TPSA) is 49.4 Å². The van der Waals surface area contributed by atoms with Crippen molar-refractivity contribution in [1.29, 1.82) is 0 Å². The van der Waals surface area contributed by atoms with Gasteiger partial charge in [-0.25, -0.2) is 4.39 Å². The second-order valence-corrected chi connectivity index (χ2v) is 9.45. The molecule has 0 bridgehead atoms. The predicted molar refractivity (Wildman–Crippen MR) is 125 cm³/mol. The highest BCUT2D eigenvalue weighted by atomic mass is 79.9. The summed E-state index contributed by atoms with van der Waals surface area (Å²) in [6.45, 7) is 6.29. The highest BCUT2D eigenvalue weighted by Crippen LogP contribution is 2.18. The van der Waals surface area contributed by atoms with Crippen LogP contribution in [0.25, 0.3) is 0 Å². The van der Waals surface area contributed by atoms with Crippen LogP contribution < -0.4 is 5.32 Å². The lowest BCUT2D eigenvalue weighted by atomic mass is 10.1. The van der Waals surface area contributed by atoms with Gasteiger partial charge in [-0.2, -0.15) is 0 Å². The molecule has 0 saturated carbocycles. The van der Waals surface area contributed by atoms with E-state index in [1.54, 1.807) is 25.1 Å². The SMILES string of the molecule is CC(C)CNC(=O)C(C)N(Cc1ccccc1F)C(=O)CSCc1ccc(Br)cc1. The van der Waals surface area contributed by atoms with E-state index in [-0.39, 0.29) is 29.9 Å². The molecule has 1 unspecified atom stereocenters. The Morgan fingerprint density at radius 3 is 2.40 bits per heavy atom. The first kappa shape index (κ1) is 24.4. The van der Waals surface area contributed by atoms with E-state index in [2.05, 4.69) is 21.2 Å². The normalized spacial score (nSPS) is 11.9. The van der Waals surface area contributed by atoms with Gasteiger partial charge in [-0.05, 0) is 36.6 Å². The van der Waals surface area contributed by atoms with Crippen LogP contribution in [0.4, 0.5) is 4.39 Å². The van der Waals surface area contributed by atoms with Crippen molar-refractivity contribution in [2.24, 2.45) is 5.92 Å². The standard InChI is InChI=1S/C23H28BrFN2O2S/c1-16(2)12-26-23(29)17(3)27(13-19-6-4-5-7-21(19)25)22(28)15-30-14-18-8-10-20(24)11-9-18/h4-11,16-17H,12-15H2,1-3H3,(H,26,29). The molecule has 7 heteroatoms. The summed E-state index contributed by atoms with van der Waals surface area (Å²) in [5.74, 6) is 0.400. The molecule has 2 amide bonds. The van der Waals surface area contributed by atoms with E-state index in [4.69, 9.17) is 0 Å². The van der Waals surface area contributed by atoms with E-state index in [9.17, 15) is 14.0 Å². The third-order valence-electron chi connectivity index (χ3n) is 4.56. The summed E-state index contributed by atoms with van der Waals surface area (Å²) in [6.07, 6.45) is 0. The summed E-state index contributed by atoms with van der Waals surface area (Å²) in [7, 11) is 0. The van der Waals surface area contributed by atoms with Crippen molar-refractivity contribution in [3.63, 3.8) is 0 Å². The Kier molecular flexibility index (Phi) is 9.85. The number of benzene rings is 2. The van der Waals surface area contributed by atoms with Crippen LogP contribution in [0.2, 0.25) is 0 Å². The minimum atomic E-state index is -0.691. The van der Waals surface area contributed by atoms with Gasteiger partial charge < -0.3 is 10.2 Å². The summed E-state index contributed by atoms with van der Waals surface area (Å²) in [6, 6.07) is 13.6. The molecule has 0 aliphatic heterocycles. The first-order valence-electron chi connectivity index (χ1n) is 9.90. The van der Waals surface area contributed by atoms with Crippen LogP contribution in [0.1, 0.15) is 31.9 Å². The Bertz CT molecular complexity index is 845. The highest BCUT2D eigenvalue weighted by Gasteiger charge is 2.26. The van der Waals surface area contributed by atoms with Gasteiger partial charge in [0.25, 0.3) is 0 Å². The molecule has 0 spiro atoms. The lowest BCUT2D eigenvalue weighted by Gasteiger charge is -2.29. The molecule has 162 valence electrons.